The molecule has 0 spiro atoms. The Morgan fingerprint density at radius 2 is 1.87 bits per heavy atom. The summed E-state index contributed by atoms with van der Waals surface area (Å²) in [6.45, 7) is 0. The van der Waals surface area contributed by atoms with Crippen LogP contribution in [0.25, 0.3) is 5.69 Å². The fourth-order valence-electron chi connectivity index (χ4n) is 2.64. The molecule has 9 nitrogen and oxygen atoms in total. The molecule has 0 atom stereocenters. The summed E-state index contributed by atoms with van der Waals surface area (Å²) in [5, 5.41) is 18.8. The van der Waals surface area contributed by atoms with E-state index in [9.17, 15) is 10.1 Å². The van der Waals surface area contributed by atoms with Crippen LogP contribution in [0.1, 0.15) is 5.56 Å². The molecule has 2 aromatic heterocycles. The fraction of sp³-hybridized carbons (Fsp3) is 0. The van der Waals surface area contributed by atoms with Gasteiger partial charge in [-0.3, -0.25) is 0 Å². The molecule has 146 valence electrons. The van der Waals surface area contributed by atoms with E-state index in [1.54, 1.807) is 59.5 Å². The number of para-hydroxylation sites is 2. The van der Waals surface area contributed by atoms with Crippen LogP contribution in [0.15, 0.2) is 79.5 Å². The number of carbonyl (C=O) groups excluding carboxylic acids is 1. The number of urea groups is 1. The molecule has 4 aromatic rings. The first-order valence-electron chi connectivity index (χ1n) is 8.88. The second kappa shape index (κ2) is 8.53. The van der Waals surface area contributed by atoms with E-state index in [0.29, 0.717) is 22.7 Å². The molecule has 2 amide bonds. The molecule has 0 aliphatic rings. The molecule has 0 unspecified atom stereocenters. The Labute approximate surface area is 171 Å². The normalized spacial score (nSPS) is 10.1. The van der Waals surface area contributed by atoms with Gasteiger partial charge in [0, 0.05) is 11.9 Å². The number of pyridine rings is 1. The Bertz CT molecular complexity index is 1200. The van der Waals surface area contributed by atoms with E-state index in [0.717, 1.165) is 5.69 Å². The molecular weight excluding hydrogens is 382 g/mol. The largest absolute Gasteiger partial charge is 0.435 e. The van der Waals surface area contributed by atoms with Crippen molar-refractivity contribution >= 4 is 17.4 Å². The van der Waals surface area contributed by atoms with Gasteiger partial charge in [0.25, 0.3) is 0 Å². The van der Waals surface area contributed by atoms with Gasteiger partial charge in [0.05, 0.1) is 11.4 Å². The third kappa shape index (κ3) is 4.23. The molecule has 0 saturated carbocycles. The molecule has 0 saturated heterocycles. The highest BCUT2D eigenvalue weighted by atomic mass is 16.5. The highest BCUT2D eigenvalue weighted by Crippen LogP contribution is 2.29. The molecule has 2 N–H and O–H groups in total. The van der Waals surface area contributed by atoms with Gasteiger partial charge in [0.2, 0.25) is 5.88 Å². The van der Waals surface area contributed by atoms with Crippen molar-refractivity contribution in [3.8, 4) is 23.4 Å². The van der Waals surface area contributed by atoms with Crippen molar-refractivity contribution in [3.63, 3.8) is 0 Å². The van der Waals surface area contributed by atoms with Gasteiger partial charge in [-0.15, -0.1) is 0 Å². The molecule has 2 heterocycles. The van der Waals surface area contributed by atoms with Crippen LogP contribution in [-0.2, 0) is 0 Å². The minimum absolute atomic E-state index is 0.165. The SMILES string of the molecule is N#Cc1cccnc1Oc1ccccc1NC(=O)Nc1ccc(-n2cncn2)cc1. The molecule has 0 radical (unpaired) electrons. The van der Waals surface area contributed by atoms with Gasteiger partial charge in [0.1, 0.15) is 24.3 Å². The second-order valence-electron chi connectivity index (χ2n) is 6.03. The van der Waals surface area contributed by atoms with E-state index < -0.39 is 6.03 Å². The molecule has 0 fully saturated rings. The van der Waals surface area contributed by atoms with E-state index in [1.165, 1.54) is 12.5 Å². The summed E-state index contributed by atoms with van der Waals surface area (Å²) >= 11 is 0. The first kappa shape index (κ1) is 18.6. The number of rotatable bonds is 5. The Morgan fingerprint density at radius 3 is 2.63 bits per heavy atom. The number of nitrogens with one attached hydrogen (secondary N) is 2. The number of amides is 2. The van der Waals surface area contributed by atoms with Crippen molar-refractivity contribution in [2.75, 3.05) is 10.6 Å². The number of carbonyl (C=O) groups is 1. The number of aromatic nitrogens is 4. The molecule has 0 aliphatic carbocycles. The highest BCUT2D eigenvalue weighted by molar-refractivity contribution is 6.00. The Kier molecular flexibility index (Phi) is 5.30. The molecule has 30 heavy (non-hydrogen) atoms. The summed E-state index contributed by atoms with van der Waals surface area (Å²) in [7, 11) is 0. The monoisotopic (exact) mass is 397 g/mol. The van der Waals surface area contributed by atoms with Crippen molar-refractivity contribution in [3.05, 3.63) is 85.1 Å². The number of benzene rings is 2. The van der Waals surface area contributed by atoms with Crippen molar-refractivity contribution < 1.29 is 9.53 Å². The summed E-state index contributed by atoms with van der Waals surface area (Å²) in [6.07, 6.45) is 4.57. The molecule has 0 aliphatic heterocycles. The van der Waals surface area contributed by atoms with E-state index in [4.69, 9.17) is 4.74 Å². The minimum Gasteiger partial charge on any atom is -0.435 e. The molecule has 0 bridgehead atoms. The predicted molar refractivity (Wildman–Crippen MR) is 109 cm³/mol. The van der Waals surface area contributed by atoms with Gasteiger partial charge in [-0.25, -0.2) is 19.4 Å². The number of hydrogen-bond donors (Lipinski definition) is 2. The first-order chi connectivity index (χ1) is 14.7. The highest BCUT2D eigenvalue weighted by Gasteiger charge is 2.11. The zero-order valence-electron chi connectivity index (χ0n) is 15.6. The number of nitriles is 1. The van der Waals surface area contributed by atoms with E-state index in [2.05, 4.69) is 25.7 Å². The summed E-state index contributed by atoms with van der Waals surface area (Å²) in [5.74, 6) is 0.530. The van der Waals surface area contributed by atoms with E-state index >= 15 is 0 Å². The molecule has 4 rings (SSSR count). The van der Waals surface area contributed by atoms with Gasteiger partial charge in [-0.05, 0) is 48.5 Å². The van der Waals surface area contributed by atoms with E-state index in [-0.39, 0.29) is 5.88 Å². The second-order valence-corrected chi connectivity index (χ2v) is 6.03. The minimum atomic E-state index is -0.443. The lowest BCUT2D eigenvalue weighted by Gasteiger charge is -2.13. The van der Waals surface area contributed by atoms with Crippen molar-refractivity contribution in [1.29, 1.82) is 5.26 Å². The van der Waals surface area contributed by atoms with E-state index in [1.807, 2.05) is 18.2 Å². The summed E-state index contributed by atoms with van der Waals surface area (Å²) in [5.41, 5.74) is 2.15. The summed E-state index contributed by atoms with van der Waals surface area (Å²) in [6, 6.07) is 18.9. The number of ether oxygens (including phenoxy) is 1. The van der Waals surface area contributed by atoms with Crippen LogP contribution in [0.4, 0.5) is 16.2 Å². The van der Waals surface area contributed by atoms with Crippen LogP contribution in [-0.4, -0.2) is 25.8 Å². The van der Waals surface area contributed by atoms with Crippen LogP contribution in [0.3, 0.4) is 0 Å². The van der Waals surface area contributed by atoms with Crippen molar-refractivity contribution in [1.82, 2.24) is 19.7 Å². The number of anilines is 2. The van der Waals surface area contributed by atoms with Gasteiger partial charge in [0.15, 0.2) is 5.75 Å². The van der Waals surface area contributed by atoms with Crippen LogP contribution in [0.2, 0.25) is 0 Å². The Hall–Kier alpha value is -4.71. The average Bonchev–Trinajstić information content (AvgIpc) is 3.31. The molecular formula is C21H15N7O2. The van der Waals surface area contributed by atoms with Gasteiger partial charge in [-0.2, -0.15) is 10.4 Å². The lowest BCUT2D eigenvalue weighted by atomic mass is 10.2. The summed E-state index contributed by atoms with van der Waals surface area (Å²) < 4.78 is 7.36. The molecule has 2 aromatic carbocycles. The maximum Gasteiger partial charge on any atom is 0.323 e. The van der Waals surface area contributed by atoms with Gasteiger partial charge >= 0.3 is 6.03 Å². The lowest BCUT2D eigenvalue weighted by Crippen LogP contribution is -2.19. The van der Waals surface area contributed by atoms with Crippen molar-refractivity contribution in [2.24, 2.45) is 0 Å². The quantitative estimate of drug-likeness (QED) is 0.526. The average molecular weight is 397 g/mol. The van der Waals surface area contributed by atoms with Crippen molar-refractivity contribution in [2.45, 2.75) is 0 Å². The maximum atomic E-state index is 12.4. The first-order valence-corrected chi connectivity index (χ1v) is 8.88. The smallest absolute Gasteiger partial charge is 0.323 e. The zero-order chi connectivity index (χ0) is 20.8. The van der Waals surface area contributed by atoms with Crippen LogP contribution in [0, 0.1) is 11.3 Å². The molecule has 9 heteroatoms. The third-order valence-corrected chi connectivity index (χ3v) is 4.04. The Morgan fingerprint density at radius 1 is 1.03 bits per heavy atom. The third-order valence-electron chi connectivity index (χ3n) is 4.04. The summed E-state index contributed by atoms with van der Waals surface area (Å²) in [4.78, 5) is 20.4. The van der Waals surface area contributed by atoms with Gasteiger partial charge < -0.3 is 15.4 Å². The van der Waals surface area contributed by atoms with Crippen LogP contribution < -0.4 is 15.4 Å². The predicted octanol–water partition coefficient (Wildman–Crippen LogP) is 3.97. The standard InChI is InChI=1S/C21H15N7O2/c22-12-15-4-3-11-24-20(15)30-19-6-2-1-5-18(19)27-21(29)26-16-7-9-17(10-8-16)28-14-23-13-25-28/h1-11,13-14H,(H2,26,27,29). The Balaban J connectivity index is 1.45. The fourth-order valence-corrected chi connectivity index (χ4v) is 2.64. The van der Waals surface area contributed by atoms with Gasteiger partial charge in [-0.1, -0.05) is 12.1 Å². The maximum absolute atomic E-state index is 12.4. The number of nitrogens with zero attached hydrogens (tertiary/aromatic N) is 5. The zero-order valence-corrected chi connectivity index (χ0v) is 15.6. The van der Waals surface area contributed by atoms with Crippen LogP contribution in [0.5, 0.6) is 11.6 Å². The topological polar surface area (TPSA) is 118 Å². The lowest BCUT2D eigenvalue weighted by molar-refractivity contribution is 0.262. The van der Waals surface area contributed by atoms with Crippen LogP contribution >= 0.6 is 0 Å². The number of hydrogen-bond acceptors (Lipinski definition) is 6.